The number of pyridine rings is 1. The molecule has 0 spiro atoms. The van der Waals surface area contributed by atoms with Crippen molar-refractivity contribution in [3.63, 3.8) is 0 Å². The van der Waals surface area contributed by atoms with E-state index < -0.39 is 5.25 Å². The molecule has 0 bridgehead atoms. The monoisotopic (exact) mass is 455 g/mol. The number of thioether (sulfide) groups is 1. The van der Waals surface area contributed by atoms with E-state index in [-0.39, 0.29) is 5.91 Å². The Labute approximate surface area is 197 Å². The summed E-state index contributed by atoms with van der Waals surface area (Å²) < 4.78 is 2.05. The molecule has 0 saturated carbocycles. The molecular formula is C26H25N5OS. The van der Waals surface area contributed by atoms with E-state index >= 15 is 0 Å². The van der Waals surface area contributed by atoms with Crippen LogP contribution in [0.25, 0.3) is 17.1 Å². The van der Waals surface area contributed by atoms with Gasteiger partial charge in [-0.25, -0.2) is 0 Å². The van der Waals surface area contributed by atoms with E-state index in [9.17, 15) is 4.79 Å². The molecule has 0 unspecified atom stereocenters. The van der Waals surface area contributed by atoms with Crippen LogP contribution in [0, 0.1) is 6.92 Å². The largest absolute Gasteiger partial charge is 0.341 e. The Balaban J connectivity index is 1.61. The Morgan fingerprint density at radius 2 is 1.70 bits per heavy atom. The maximum absolute atomic E-state index is 13.6. The Kier molecular flexibility index (Phi) is 6.21. The van der Waals surface area contributed by atoms with Gasteiger partial charge in [0.25, 0.3) is 0 Å². The van der Waals surface area contributed by atoms with Crippen LogP contribution >= 0.6 is 11.8 Å². The lowest BCUT2D eigenvalue weighted by Crippen LogP contribution is -2.31. The molecular weight excluding hydrogens is 430 g/mol. The van der Waals surface area contributed by atoms with Crippen LogP contribution in [0.5, 0.6) is 0 Å². The van der Waals surface area contributed by atoms with E-state index in [4.69, 9.17) is 0 Å². The number of hydrogen-bond donors (Lipinski definition) is 0. The van der Waals surface area contributed by atoms with Crippen molar-refractivity contribution < 1.29 is 4.79 Å². The predicted octanol–water partition coefficient (Wildman–Crippen LogP) is 5.09. The molecule has 2 aromatic heterocycles. The van der Waals surface area contributed by atoms with Crippen LogP contribution in [0.1, 0.15) is 29.2 Å². The molecule has 5 rings (SSSR count). The Morgan fingerprint density at radius 3 is 2.42 bits per heavy atom. The van der Waals surface area contributed by atoms with Crippen molar-refractivity contribution in [2.24, 2.45) is 0 Å². The number of carbonyl (C=O) groups excluding carboxylic acids is 1. The SMILES string of the molecule is Cc1ccccc1-n1c(S[C@@H](C(=O)N2CCCC2)c2ccccc2)nnc1-c1cccnc1. The summed E-state index contributed by atoms with van der Waals surface area (Å²) in [6.45, 7) is 3.70. The maximum atomic E-state index is 13.6. The molecule has 166 valence electrons. The summed E-state index contributed by atoms with van der Waals surface area (Å²) >= 11 is 1.46. The lowest BCUT2D eigenvalue weighted by Gasteiger charge is -2.23. The molecule has 1 aliphatic heterocycles. The van der Waals surface area contributed by atoms with Crippen LogP contribution in [-0.4, -0.2) is 43.6 Å². The highest BCUT2D eigenvalue weighted by Gasteiger charge is 2.31. The molecule has 3 heterocycles. The molecule has 1 saturated heterocycles. The predicted molar refractivity (Wildman–Crippen MR) is 130 cm³/mol. The van der Waals surface area contributed by atoms with Gasteiger partial charge in [-0.2, -0.15) is 0 Å². The molecule has 7 heteroatoms. The van der Waals surface area contributed by atoms with Gasteiger partial charge in [-0.3, -0.25) is 14.3 Å². The minimum Gasteiger partial charge on any atom is -0.341 e. The van der Waals surface area contributed by atoms with Gasteiger partial charge in [-0.05, 0) is 49.1 Å². The van der Waals surface area contributed by atoms with Crippen molar-refractivity contribution >= 4 is 17.7 Å². The first-order valence-corrected chi connectivity index (χ1v) is 12.0. The van der Waals surface area contributed by atoms with Gasteiger partial charge in [-0.15, -0.1) is 10.2 Å². The van der Waals surface area contributed by atoms with Crippen molar-refractivity contribution in [2.45, 2.75) is 30.2 Å². The molecule has 0 radical (unpaired) electrons. The second-order valence-corrected chi connectivity index (χ2v) is 9.18. The molecule has 0 N–H and O–H groups in total. The molecule has 1 amide bonds. The van der Waals surface area contributed by atoms with Crippen molar-refractivity contribution in [1.29, 1.82) is 0 Å². The van der Waals surface area contributed by atoms with Gasteiger partial charge in [0.2, 0.25) is 5.91 Å². The number of hydrogen-bond acceptors (Lipinski definition) is 5. The third-order valence-corrected chi connectivity index (χ3v) is 7.06. The van der Waals surface area contributed by atoms with Crippen molar-refractivity contribution in [3.8, 4) is 17.1 Å². The number of benzene rings is 2. The first-order chi connectivity index (χ1) is 16.2. The van der Waals surface area contributed by atoms with Crippen molar-refractivity contribution in [1.82, 2.24) is 24.6 Å². The standard InChI is InChI=1S/C26H25N5OS/c1-19-10-5-6-14-22(19)31-24(21-13-9-15-27-18-21)28-29-26(31)33-23(20-11-3-2-4-12-20)25(32)30-16-7-8-17-30/h2-6,9-15,18,23H,7-8,16-17H2,1H3/t23-/m1/s1. The minimum absolute atomic E-state index is 0.131. The highest BCUT2D eigenvalue weighted by Crippen LogP contribution is 2.39. The van der Waals surface area contributed by atoms with Crippen LogP contribution in [0.4, 0.5) is 0 Å². The molecule has 1 atom stereocenters. The number of rotatable bonds is 6. The van der Waals surface area contributed by atoms with E-state index in [1.54, 1.807) is 12.4 Å². The zero-order chi connectivity index (χ0) is 22.6. The van der Waals surface area contributed by atoms with Crippen molar-refractivity contribution in [3.05, 3.63) is 90.3 Å². The van der Waals surface area contributed by atoms with E-state index in [1.165, 1.54) is 11.8 Å². The third kappa shape index (κ3) is 4.41. The van der Waals surface area contributed by atoms with Crippen LogP contribution < -0.4 is 0 Å². The fourth-order valence-electron chi connectivity index (χ4n) is 4.16. The Hall–Kier alpha value is -3.45. The molecule has 1 fully saturated rings. The first kappa shape index (κ1) is 21.4. The van der Waals surface area contributed by atoms with E-state index in [2.05, 4.69) is 34.2 Å². The quantitative estimate of drug-likeness (QED) is 0.379. The molecule has 4 aromatic rings. The number of para-hydroxylation sites is 1. The fraction of sp³-hybridized carbons (Fsp3) is 0.231. The molecule has 0 aliphatic carbocycles. The van der Waals surface area contributed by atoms with Gasteiger partial charge in [0.15, 0.2) is 11.0 Å². The zero-order valence-electron chi connectivity index (χ0n) is 18.5. The maximum Gasteiger partial charge on any atom is 0.240 e. The van der Waals surface area contributed by atoms with Gasteiger partial charge < -0.3 is 4.90 Å². The van der Waals surface area contributed by atoms with Gasteiger partial charge in [0, 0.05) is 31.0 Å². The van der Waals surface area contributed by atoms with Crippen molar-refractivity contribution in [2.75, 3.05) is 13.1 Å². The molecule has 33 heavy (non-hydrogen) atoms. The lowest BCUT2D eigenvalue weighted by atomic mass is 10.1. The second kappa shape index (κ2) is 9.58. The number of amides is 1. The van der Waals surface area contributed by atoms with Gasteiger partial charge in [-0.1, -0.05) is 60.3 Å². The molecule has 6 nitrogen and oxygen atoms in total. The first-order valence-electron chi connectivity index (χ1n) is 11.1. The number of carbonyl (C=O) groups is 1. The summed E-state index contributed by atoms with van der Waals surface area (Å²) in [6, 6.07) is 22.0. The second-order valence-electron chi connectivity index (χ2n) is 8.11. The summed E-state index contributed by atoms with van der Waals surface area (Å²) in [5.74, 6) is 0.839. The van der Waals surface area contributed by atoms with Gasteiger partial charge in [0.1, 0.15) is 5.25 Å². The summed E-state index contributed by atoms with van der Waals surface area (Å²) in [5, 5.41) is 9.39. The number of aromatic nitrogens is 4. The normalized spacial score (nSPS) is 14.4. The summed E-state index contributed by atoms with van der Waals surface area (Å²) in [6.07, 6.45) is 5.65. The summed E-state index contributed by atoms with van der Waals surface area (Å²) in [4.78, 5) is 19.8. The Morgan fingerprint density at radius 1 is 0.939 bits per heavy atom. The lowest BCUT2D eigenvalue weighted by molar-refractivity contribution is -0.129. The van der Waals surface area contributed by atoms with Gasteiger partial charge >= 0.3 is 0 Å². The highest BCUT2D eigenvalue weighted by molar-refractivity contribution is 8.00. The van der Waals surface area contributed by atoms with Crippen LogP contribution in [0.2, 0.25) is 0 Å². The van der Waals surface area contributed by atoms with E-state index in [1.807, 2.05) is 64.1 Å². The van der Waals surface area contributed by atoms with Gasteiger partial charge in [0.05, 0.1) is 5.69 Å². The smallest absolute Gasteiger partial charge is 0.240 e. The summed E-state index contributed by atoms with van der Waals surface area (Å²) in [7, 11) is 0. The minimum atomic E-state index is -0.391. The average Bonchev–Trinajstić information content (AvgIpc) is 3.54. The van der Waals surface area contributed by atoms with E-state index in [0.29, 0.717) is 11.0 Å². The fourth-order valence-corrected chi connectivity index (χ4v) is 5.29. The number of nitrogens with zero attached hydrogens (tertiary/aromatic N) is 5. The highest BCUT2D eigenvalue weighted by atomic mass is 32.2. The number of likely N-dealkylation sites (tertiary alicyclic amines) is 1. The van der Waals surface area contributed by atoms with Crippen LogP contribution in [0.3, 0.4) is 0 Å². The summed E-state index contributed by atoms with van der Waals surface area (Å²) in [5.41, 5.74) is 3.94. The Bertz CT molecular complexity index is 1240. The van der Waals surface area contributed by atoms with Crippen LogP contribution in [0.15, 0.2) is 84.3 Å². The molecule has 2 aromatic carbocycles. The average molecular weight is 456 g/mol. The zero-order valence-corrected chi connectivity index (χ0v) is 19.3. The number of aryl methyl sites for hydroxylation is 1. The molecule has 1 aliphatic rings. The van der Waals surface area contributed by atoms with Crippen LogP contribution in [-0.2, 0) is 4.79 Å². The third-order valence-electron chi connectivity index (χ3n) is 5.88. The topological polar surface area (TPSA) is 63.9 Å². The van der Waals surface area contributed by atoms with E-state index in [0.717, 1.165) is 48.3 Å².